The van der Waals surface area contributed by atoms with Gasteiger partial charge in [-0.15, -0.1) is 0 Å². The van der Waals surface area contributed by atoms with E-state index in [1.807, 2.05) is 0 Å². The lowest BCUT2D eigenvalue weighted by molar-refractivity contribution is 0.265. The fourth-order valence-electron chi connectivity index (χ4n) is 0.872. The van der Waals surface area contributed by atoms with E-state index in [9.17, 15) is 0 Å². The molecule has 0 amide bonds. The van der Waals surface area contributed by atoms with Crippen LogP contribution in [-0.4, -0.2) is 18.0 Å². The highest BCUT2D eigenvalue weighted by Gasteiger charge is 2.06. The molecule has 1 aromatic heterocycles. The maximum atomic E-state index is 3.53. The average molecular weight is 248 g/mol. The Morgan fingerprint density at radius 3 is 2.58 bits per heavy atom. The van der Waals surface area contributed by atoms with Gasteiger partial charge in [-0.05, 0) is 47.8 Å². The van der Waals surface area contributed by atoms with Gasteiger partial charge in [-0.3, -0.25) is 4.90 Å². The number of nitrogens with zero attached hydrogens (tertiary/aromatic N) is 1. The van der Waals surface area contributed by atoms with Crippen LogP contribution in [0.3, 0.4) is 0 Å². The van der Waals surface area contributed by atoms with Gasteiger partial charge in [0.05, 0.1) is 0 Å². The summed E-state index contributed by atoms with van der Waals surface area (Å²) in [5, 5.41) is 4.33. The molecule has 0 radical (unpaired) electrons. The lowest BCUT2D eigenvalue weighted by atomic mass is 10.3. The SMILES string of the molecule is CC(C)N(C)Cc1cscc1Br. The smallest absolute Gasteiger partial charge is 0.0327 e. The molecule has 0 aliphatic heterocycles. The van der Waals surface area contributed by atoms with Crippen molar-refractivity contribution in [1.82, 2.24) is 4.90 Å². The molecular weight excluding hydrogens is 234 g/mol. The van der Waals surface area contributed by atoms with Crippen LogP contribution in [-0.2, 0) is 6.54 Å². The van der Waals surface area contributed by atoms with Crippen molar-refractivity contribution in [1.29, 1.82) is 0 Å². The molecule has 0 saturated carbocycles. The topological polar surface area (TPSA) is 3.24 Å². The Bertz CT molecular complexity index is 244. The van der Waals surface area contributed by atoms with Crippen molar-refractivity contribution in [3.8, 4) is 0 Å². The highest BCUT2D eigenvalue weighted by Crippen LogP contribution is 2.22. The summed E-state index contributed by atoms with van der Waals surface area (Å²) < 4.78 is 1.24. The van der Waals surface area contributed by atoms with Crippen LogP contribution < -0.4 is 0 Å². The fourth-order valence-corrected chi connectivity index (χ4v) is 2.29. The molecule has 1 rings (SSSR count). The average Bonchev–Trinajstić information content (AvgIpc) is 2.36. The van der Waals surface area contributed by atoms with E-state index in [-0.39, 0.29) is 0 Å². The quantitative estimate of drug-likeness (QED) is 0.792. The third-order valence-corrected chi connectivity index (χ3v) is 3.82. The van der Waals surface area contributed by atoms with Crippen LogP contribution >= 0.6 is 27.3 Å². The van der Waals surface area contributed by atoms with Gasteiger partial charge in [0.1, 0.15) is 0 Å². The van der Waals surface area contributed by atoms with Crippen LogP contribution in [0.5, 0.6) is 0 Å². The maximum absolute atomic E-state index is 3.53. The summed E-state index contributed by atoms with van der Waals surface area (Å²) >= 11 is 5.27. The molecule has 1 aromatic rings. The van der Waals surface area contributed by atoms with Crippen LogP contribution in [0.1, 0.15) is 19.4 Å². The third kappa shape index (κ3) is 2.57. The molecule has 0 atom stereocenters. The summed E-state index contributed by atoms with van der Waals surface area (Å²) in [6.07, 6.45) is 0. The highest BCUT2D eigenvalue weighted by atomic mass is 79.9. The van der Waals surface area contributed by atoms with Crippen molar-refractivity contribution in [3.63, 3.8) is 0 Å². The Morgan fingerprint density at radius 1 is 1.50 bits per heavy atom. The van der Waals surface area contributed by atoms with Crippen LogP contribution in [0.4, 0.5) is 0 Å². The molecule has 1 heterocycles. The van der Waals surface area contributed by atoms with E-state index in [4.69, 9.17) is 0 Å². The molecule has 3 heteroatoms. The Balaban J connectivity index is 2.58. The Kier molecular flexibility index (Phi) is 3.75. The minimum absolute atomic E-state index is 0.608. The Morgan fingerprint density at radius 2 is 2.17 bits per heavy atom. The number of halogens is 1. The molecule has 0 unspecified atom stereocenters. The zero-order valence-electron chi connectivity index (χ0n) is 7.67. The second-order valence-electron chi connectivity index (χ2n) is 3.25. The zero-order valence-corrected chi connectivity index (χ0v) is 10.1. The number of thiophene rings is 1. The second kappa shape index (κ2) is 4.40. The van der Waals surface area contributed by atoms with Crippen LogP contribution in [0.25, 0.3) is 0 Å². The van der Waals surface area contributed by atoms with Gasteiger partial charge in [0, 0.05) is 22.4 Å². The van der Waals surface area contributed by atoms with Crippen LogP contribution in [0.2, 0.25) is 0 Å². The molecule has 0 aromatic carbocycles. The number of hydrogen-bond donors (Lipinski definition) is 0. The fraction of sp³-hybridized carbons (Fsp3) is 0.556. The molecule has 68 valence electrons. The van der Waals surface area contributed by atoms with Crippen molar-refractivity contribution in [2.24, 2.45) is 0 Å². The van der Waals surface area contributed by atoms with Crippen molar-refractivity contribution in [3.05, 3.63) is 20.8 Å². The van der Waals surface area contributed by atoms with Gasteiger partial charge in [-0.1, -0.05) is 0 Å². The highest BCUT2D eigenvalue weighted by molar-refractivity contribution is 9.10. The van der Waals surface area contributed by atoms with E-state index in [2.05, 4.69) is 52.5 Å². The first-order valence-corrected chi connectivity index (χ1v) is 5.75. The molecule has 0 fully saturated rings. The monoisotopic (exact) mass is 247 g/mol. The van der Waals surface area contributed by atoms with Crippen molar-refractivity contribution < 1.29 is 0 Å². The molecule has 0 saturated heterocycles. The van der Waals surface area contributed by atoms with Gasteiger partial charge in [0.2, 0.25) is 0 Å². The summed E-state index contributed by atoms with van der Waals surface area (Å²) in [7, 11) is 2.15. The molecular formula is C9H14BrNS. The largest absolute Gasteiger partial charge is 0.300 e. The standard InChI is InChI=1S/C9H14BrNS/c1-7(2)11(3)4-8-5-12-6-9(8)10/h5-7H,4H2,1-3H3. The van der Waals surface area contributed by atoms with E-state index >= 15 is 0 Å². The van der Waals surface area contributed by atoms with Crippen LogP contribution in [0.15, 0.2) is 15.2 Å². The van der Waals surface area contributed by atoms with Gasteiger partial charge >= 0.3 is 0 Å². The molecule has 0 bridgehead atoms. The lowest BCUT2D eigenvalue weighted by Crippen LogP contribution is -2.25. The first kappa shape index (κ1) is 10.2. The molecule has 12 heavy (non-hydrogen) atoms. The minimum atomic E-state index is 0.608. The zero-order chi connectivity index (χ0) is 9.14. The van der Waals surface area contributed by atoms with Crippen molar-refractivity contribution >= 4 is 27.3 Å². The summed E-state index contributed by atoms with van der Waals surface area (Å²) in [5.41, 5.74) is 1.39. The maximum Gasteiger partial charge on any atom is 0.0327 e. The Labute approximate surface area is 86.5 Å². The Hall–Kier alpha value is 0.140. The molecule has 0 aliphatic rings. The first-order valence-electron chi connectivity index (χ1n) is 4.02. The van der Waals surface area contributed by atoms with Gasteiger partial charge in [0.15, 0.2) is 0 Å². The minimum Gasteiger partial charge on any atom is -0.300 e. The van der Waals surface area contributed by atoms with E-state index in [0.29, 0.717) is 6.04 Å². The third-order valence-electron chi connectivity index (χ3n) is 1.99. The molecule has 1 nitrogen and oxygen atoms in total. The first-order chi connectivity index (χ1) is 5.61. The molecule has 0 N–H and O–H groups in total. The van der Waals surface area contributed by atoms with E-state index in [0.717, 1.165) is 6.54 Å². The number of hydrogen-bond acceptors (Lipinski definition) is 2. The molecule has 0 aliphatic carbocycles. The summed E-state index contributed by atoms with van der Waals surface area (Å²) in [4.78, 5) is 2.33. The second-order valence-corrected chi connectivity index (χ2v) is 4.85. The summed E-state index contributed by atoms with van der Waals surface area (Å²) in [6, 6.07) is 0.608. The normalized spacial score (nSPS) is 11.5. The van der Waals surface area contributed by atoms with E-state index in [1.54, 1.807) is 11.3 Å². The van der Waals surface area contributed by atoms with Crippen LogP contribution in [0, 0.1) is 0 Å². The van der Waals surface area contributed by atoms with Gasteiger partial charge in [0.25, 0.3) is 0 Å². The van der Waals surface area contributed by atoms with Gasteiger partial charge in [-0.25, -0.2) is 0 Å². The number of rotatable bonds is 3. The van der Waals surface area contributed by atoms with Crippen molar-refractivity contribution in [2.75, 3.05) is 7.05 Å². The summed E-state index contributed by atoms with van der Waals surface area (Å²) in [5.74, 6) is 0. The predicted octanol–water partition coefficient (Wildman–Crippen LogP) is 3.35. The van der Waals surface area contributed by atoms with E-state index in [1.165, 1.54) is 10.0 Å². The predicted molar refractivity (Wildman–Crippen MR) is 58.6 cm³/mol. The van der Waals surface area contributed by atoms with E-state index < -0.39 is 0 Å². The van der Waals surface area contributed by atoms with Gasteiger partial charge < -0.3 is 0 Å². The van der Waals surface area contributed by atoms with Gasteiger partial charge in [-0.2, -0.15) is 11.3 Å². The molecule has 0 spiro atoms. The summed E-state index contributed by atoms with van der Waals surface area (Å²) in [6.45, 7) is 5.45. The lowest BCUT2D eigenvalue weighted by Gasteiger charge is -2.20. The van der Waals surface area contributed by atoms with Crippen molar-refractivity contribution in [2.45, 2.75) is 26.4 Å².